The van der Waals surface area contributed by atoms with Crippen LogP contribution in [0.1, 0.15) is 15.9 Å². The first kappa shape index (κ1) is 17.1. The van der Waals surface area contributed by atoms with Gasteiger partial charge in [-0.25, -0.2) is 0 Å². The van der Waals surface area contributed by atoms with E-state index >= 15 is 0 Å². The molecule has 0 fully saturated rings. The van der Waals surface area contributed by atoms with Gasteiger partial charge in [0, 0.05) is 16.8 Å². The second-order valence-corrected chi connectivity index (χ2v) is 5.84. The number of halogens is 2. The molecule has 23 heavy (non-hydrogen) atoms. The average Bonchev–Trinajstić information content (AvgIpc) is 2.49. The van der Waals surface area contributed by atoms with Crippen molar-refractivity contribution in [1.82, 2.24) is 0 Å². The maximum absolute atomic E-state index is 12.0. The van der Waals surface area contributed by atoms with Crippen molar-refractivity contribution in [3.05, 3.63) is 44.9 Å². The number of carbonyl (C=O) groups excluding carboxylic acids is 1. The Balaban J connectivity index is 2.18. The Morgan fingerprint density at radius 1 is 1.13 bits per heavy atom. The molecule has 0 heterocycles. The fraction of sp³-hybridized carbons (Fsp3) is 0.0667. The minimum absolute atomic E-state index is 0.0734. The number of carbonyl (C=O) groups is 1. The van der Waals surface area contributed by atoms with Crippen LogP contribution in [0.25, 0.3) is 0 Å². The Morgan fingerprint density at radius 3 is 2.52 bits per heavy atom. The summed E-state index contributed by atoms with van der Waals surface area (Å²) in [5.74, 6) is -2.66. The van der Waals surface area contributed by atoms with E-state index in [4.69, 9.17) is 11.6 Å². The van der Waals surface area contributed by atoms with Gasteiger partial charge in [-0.1, -0.05) is 11.6 Å². The number of phenols is 4. The predicted octanol–water partition coefficient (Wildman–Crippen LogP) is 3.23. The van der Waals surface area contributed by atoms with Gasteiger partial charge in [0.1, 0.15) is 12.3 Å². The van der Waals surface area contributed by atoms with Crippen molar-refractivity contribution >= 4 is 39.5 Å². The fourth-order valence-corrected chi connectivity index (χ4v) is 2.62. The normalized spacial score (nSPS) is 11.0. The Kier molecular flexibility index (Phi) is 5.12. The van der Waals surface area contributed by atoms with E-state index in [-0.39, 0.29) is 17.9 Å². The maximum atomic E-state index is 12.0. The second-order valence-electron chi connectivity index (χ2n) is 4.55. The van der Waals surface area contributed by atoms with Gasteiger partial charge in [-0.3, -0.25) is 9.79 Å². The standard InChI is InChI=1S/C15H11BrClNO5/c16-10-4-8(17)3-7(13(10)21)5-18-6-12(20)9-1-2-11(19)15(23)14(9)22/h1-5,19,21-23H,6H2. The summed E-state index contributed by atoms with van der Waals surface area (Å²) in [6.45, 7) is -0.332. The molecular formula is C15H11BrClNO5. The number of hydrogen-bond acceptors (Lipinski definition) is 6. The van der Waals surface area contributed by atoms with E-state index in [2.05, 4.69) is 20.9 Å². The van der Waals surface area contributed by atoms with E-state index in [0.717, 1.165) is 6.07 Å². The zero-order valence-electron chi connectivity index (χ0n) is 11.5. The fourth-order valence-electron chi connectivity index (χ4n) is 1.79. The number of phenolic OH excluding ortho intramolecular Hbond substituents is 4. The second kappa shape index (κ2) is 6.89. The van der Waals surface area contributed by atoms with Crippen LogP contribution in [0.15, 0.2) is 33.7 Å². The predicted molar refractivity (Wildman–Crippen MR) is 89.0 cm³/mol. The molecule has 0 bridgehead atoms. The molecular weight excluding hydrogens is 390 g/mol. The van der Waals surface area contributed by atoms with E-state index < -0.39 is 23.0 Å². The summed E-state index contributed by atoms with van der Waals surface area (Å²) in [4.78, 5) is 15.9. The molecule has 0 aliphatic carbocycles. The van der Waals surface area contributed by atoms with Crippen molar-refractivity contribution < 1.29 is 25.2 Å². The number of rotatable bonds is 4. The Bertz CT molecular complexity index is 807. The average molecular weight is 401 g/mol. The Morgan fingerprint density at radius 2 is 1.83 bits per heavy atom. The highest BCUT2D eigenvalue weighted by molar-refractivity contribution is 9.10. The summed E-state index contributed by atoms with van der Waals surface area (Å²) in [6.07, 6.45) is 1.27. The SMILES string of the molecule is O=C(CN=Cc1cc(Cl)cc(Br)c1O)c1ccc(O)c(O)c1O. The maximum Gasteiger partial charge on any atom is 0.201 e. The molecule has 0 aliphatic heterocycles. The highest BCUT2D eigenvalue weighted by Crippen LogP contribution is 2.37. The number of aliphatic imine (C=N–C) groups is 1. The van der Waals surface area contributed by atoms with Crippen LogP contribution in [0.5, 0.6) is 23.0 Å². The van der Waals surface area contributed by atoms with Crippen LogP contribution in [0.4, 0.5) is 0 Å². The van der Waals surface area contributed by atoms with Gasteiger partial charge in [0.2, 0.25) is 5.75 Å². The van der Waals surface area contributed by atoms with Crippen molar-refractivity contribution in [2.24, 2.45) is 4.99 Å². The van der Waals surface area contributed by atoms with Gasteiger partial charge in [-0.15, -0.1) is 0 Å². The van der Waals surface area contributed by atoms with Crippen LogP contribution in [-0.2, 0) is 0 Å². The lowest BCUT2D eigenvalue weighted by Crippen LogP contribution is -2.04. The number of aromatic hydroxyl groups is 4. The molecule has 0 saturated heterocycles. The van der Waals surface area contributed by atoms with Crippen LogP contribution in [0.3, 0.4) is 0 Å². The summed E-state index contributed by atoms with van der Waals surface area (Å²) < 4.78 is 0.388. The molecule has 0 aliphatic rings. The van der Waals surface area contributed by atoms with Crippen LogP contribution in [0, 0.1) is 0 Å². The van der Waals surface area contributed by atoms with Gasteiger partial charge in [0.15, 0.2) is 17.3 Å². The topological polar surface area (TPSA) is 110 Å². The lowest BCUT2D eigenvalue weighted by atomic mass is 10.1. The molecule has 6 nitrogen and oxygen atoms in total. The van der Waals surface area contributed by atoms with Crippen LogP contribution >= 0.6 is 27.5 Å². The Labute approximate surface area is 144 Å². The quantitative estimate of drug-likeness (QED) is 0.358. The van der Waals surface area contributed by atoms with Gasteiger partial charge >= 0.3 is 0 Å². The number of nitrogens with zero attached hydrogens (tertiary/aromatic N) is 1. The molecule has 0 aromatic heterocycles. The zero-order valence-corrected chi connectivity index (χ0v) is 13.8. The van der Waals surface area contributed by atoms with Crippen LogP contribution < -0.4 is 0 Å². The number of benzene rings is 2. The third kappa shape index (κ3) is 3.75. The number of ketones is 1. The van der Waals surface area contributed by atoms with Crippen molar-refractivity contribution in [3.63, 3.8) is 0 Å². The van der Waals surface area contributed by atoms with Gasteiger partial charge in [-0.05, 0) is 40.2 Å². The zero-order chi connectivity index (χ0) is 17.1. The summed E-state index contributed by atoms with van der Waals surface area (Å²) in [7, 11) is 0. The molecule has 2 rings (SSSR count). The van der Waals surface area contributed by atoms with Crippen molar-refractivity contribution in [2.75, 3.05) is 6.54 Å². The molecule has 0 atom stereocenters. The summed E-state index contributed by atoms with van der Waals surface area (Å²) in [5, 5.41) is 38.5. The van der Waals surface area contributed by atoms with Crippen molar-refractivity contribution in [2.45, 2.75) is 0 Å². The third-order valence-corrected chi connectivity index (χ3v) is 3.78. The molecule has 0 radical (unpaired) electrons. The Hall–Kier alpha value is -2.25. The van der Waals surface area contributed by atoms with E-state index in [0.29, 0.717) is 15.1 Å². The van der Waals surface area contributed by atoms with Gasteiger partial charge in [0.25, 0.3) is 0 Å². The van der Waals surface area contributed by atoms with Crippen LogP contribution in [0.2, 0.25) is 5.02 Å². The lowest BCUT2D eigenvalue weighted by Gasteiger charge is -2.05. The van der Waals surface area contributed by atoms with Gasteiger partial charge in [0.05, 0.1) is 10.0 Å². The molecule has 2 aromatic carbocycles. The van der Waals surface area contributed by atoms with E-state index in [9.17, 15) is 25.2 Å². The van der Waals surface area contributed by atoms with Crippen molar-refractivity contribution in [1.29, 1.82) is 0 Å². The molecule has 2 aromatic rings. The monoisotopic (exact) mass is 399 g/mol. The molecule has 4 N–H and O–H groups in total. The molecule has 8 heteroatoms. The molecule has 0 saturated carbocycles. The number of Topliss-reactive ketones (excluding diaryl/α,β-unsaturated/α-hetero) is 1. The summed E-state index contributed by atoms with van der Waals surface area (Å²) >= 11 is 8.99. The first-order valence-corrected chi connectivity index (χ1v) is 7.43. The highest BCUT2D eigenvalue weighted by Gasteiger charge is 2.16. The first-order valence-electron chi connectivity index (χ1n) is 6.26. The van der Waals surface area contributed by atoms with Crippen molar-refractivity contribution in [3.8, 4) is 23.0 Å². The largest absolute Gasteiger partial charge is 0.506 e. The van der Waals surface area contributed by atoms with E-state index in [1.807, 2.05) is 0 Å². The van der Waals surface area contributed by atoms with Crippen LogP contribution in [-0.4, -0.2) is 39.0 Å². The first-order chi connectivity index (χ1) is 10.8. The minimum Gasteiger partial charge on any atom is -0.506 e. The van der Waals surface area contributed by atoms with Gasteiger partial charge < -0.3 is 20.4 Å². The molecule has 120 valence electrons. The molecule has 0 unspecified atom stereocenters. The smallest absolute Gasteiger partial charge is 0.201 e. The minimum atomic E-state index is -0.767. The lowest BCUT2D eigenvalue weighted by molar-refractivity contribution is 0.0999. The summed E-state index contributed by atoms with van der Waals surface area (Å²) in [6, 6.07) is 5.25. The molecule has 0 amide bonds. The summed E-state index contributed by atoms with van der Waals surface area (Å²) in [5.41, 5.74) is 0.142. The number of hydrogen-bond donors (Lipinski definition) is 4. The van der Waals surface area contributed by atoms with E-state index in [1.165, 1.54) is 24.4 Å². The third-order valence-electron chi connectivity index (χ3n) is 2.95. The van der Waals surface area contributed by atoms with E-state index in [1.54, 1.807) is 0 Å². The molecule has 0 spiro atoms. The highest BCUT2D eigenvalue weighted by atomic mass is 79.9. The van der Waals surface area contributed by atoms with Gasteiger partial charge in [-0.2, -0.15) is 0 Å².